The Kier molecular flexibility index (Phi) is 4.79. The lowest BCUT2D eigenvalue weighted by Crippen LogP contribution is -2.55. The molecule has 5 heteroatoms. The Morgan fingerprint density at radius 1 is 1.61 bits per heavy atom. The van der Waals surface area contributed by atoms with Crippen molar-refractivity contribution in [2.75, 3.05) is 6.54 Å². The molecule has 0 aliphatic carbocycles. The van der Waals surface area contributed by atoms with Gasteiger partial charge in [0, 0.05) is 24.5 Å². The molecule has 1 heterocycles. The van der Waals surface area contributed by atoms with Crippen molar-refractivity contribution in [1.82, 2.24) is 10.2 Å². The molecule has 1 N–H and O–H groups in total. The first-order valence-corrected chi connectivity index (χ1v) is 6.65. The van der Waals surface area contributed by atoms with Gasteiger partial charge in [0.05, 0.1) is 0 Å². The van der Waals surface area contributed by atoms with Crippen LogP contribution in [0.3, 0.4) is 0 Å². The summed E-state index contributed by atoms with van der Waals surface area (Å²) >= 11 is 5.66. The molecule has 102 valence electrons. The van der Waals surface area contributed by atoms with E-state index in [0.29, 0.717) is 19.4 Å². The van der Waals surface area contributed by atoms with Gasteiger partial charge >= 0.3 is 0 Å². The third-order valence-electron chi connectivity index (χ3n) is 3.47. The van der Waals surface area contributed by atoms with Crippen molar-refractivity contribution in [2.24, 2.45) is 0 Å². The number of rotatable bonds is 3. The third-order valence-corrected chi connectivity index (χ3v) is 3.85. The van der Waals surface area contributed by atoms with Crippen LogP contribution in [0, 0.1) is 0 Å². The van der Waals surface area contributed by atoms with Crippen LogP contribution in [0.1, 0.15) is 40.5 Å². The van der Waals surface area contributed by atoms with Crippen LogP contribution < -0.4 is 5.32 Å². The van der Waals surface area contributed by atoms with Crippen molar-refractivity contribution in [3.05, 3.63) is 11.1 Å². The van der Waals surface area contributed by atoms with Crippen LogP contribution in [0.15, 0.2) is 11.1 Å². The zero-order valence-electron chi connectivity index (χ0n) is 11.4. The summed E-state index contributed by atoms with van der Waals surface area (Å²) in [6, 6.07) is -0.113. The van der Waals surface area contributed by atoms with Gasteiger partial charge < -0.3 is 10.2 Å². The maximum absolute atomic E-state index is 12.5. The summed E-state index contributed by atoms with van der Waals surface area (Å²) < 4.78 is 0. The normalized spacial score (nSPS) is 30.2. The molecule has 0 spiro atoms. The van der Waals surface area contributed by atoms with E-state index in [1.54, 1.807) is 11.8 Å². The van der Waals surface area contributed by atoms with Crippen LogP contribution in [0.25, 0.3) is 0 Å². The average molecular weight is 273 g/mol. The van der Waals surface area contributed by atoms with Gasteiger partial charge in [0.1, 0.15) is 5.54 Å². The molecule has 1 fully saturated rings. The number of halogens is 1. The van der Waals surface area contributed by atoms with Gasteiger partial charge in [-0.05, 0) is 32.8 Å². The molecule has 4 nitrogen and oxygen atoms in total. The summed E-state index contributed by atoms with van der Waals surface area (Å²) in [7, 11) is 0. The number of hydrogen-bond acceptors (Lipinski definition) is 2. The molecule has 0 bridgehead atoms. The molecular formula is C13H21ClN2O2. The number of carbonyl (C=O) groups is 2. The summed E-state index contributed by atoms with van der Waals surface area (Å²) in [5.41, 5.74) is 1.57. The monoisotopic (exact) mass is 272 g/mol. The van der Waals surface area contributed by atoms with E-state index in [9.17, 15) is 9.59 Å². The van der Waals surface area contributed by atoms with Gasteiger partial charge in [-0.1, -0.05) is 18.5 Å². The summed E-state index contributed by atoms with van der Waals surface area (Å²) in [4.78, 5) is 26.1. The molecule has 1 saturated heterocycles. The Morgan fingerprint density at radius 3 is 2.72 bits per heavy atom. The maximum atomic E-state index is 12.5. The number of nitrogens with zero attached hydrogens (tertiary/aromatic N) is 1. The Bertz CT molecular complexity index is 381. The van der Waals surface area contributed by atoms with Crippen molar-refractivity contribution in [2.45, 2.75) is 52.1 Å². The van der Waals surface area contributed by atoms with Crippen LogP contribution >= 0.6 is 11.6 Å². The molecule has 2 unspecified atom stereocenters. The zero-order chi connectivity index (χ0) is 13.9. The van der Waals surface area contributed by atoms with E-state index in [1.807, 2.05) is 20.8 Å². The van der Waals surface area contributed by atoms with Gasteiger partial charge in [-0.2, -0.15) is 0 Å². The zero-order valence-corrected chi connectivity index (χ0v) is 12.2. The van der Waals surface area contributed by atoms with Gasteiger partial charge in [-0.25, -0.2) is 0 Å². The largest absolute Gasteiger partial charge is 0.342 e. The minimum Gasteiger partial charge on any atom is -0.342 e. The van der Waals surface area contributed by atoms with Crippen molar-refractivity contribution in [3.8, 4) is 0 Å². The van der Waals surface area contributed by atoms with Crippen molar-refractivity contribution in [1.29, 1.82) is 0 Å². The van der Waals surface area contributed by atoms with Crippen molar-refractivity contribution < 1.29 is 9.59 Å². The molecule has 1 rings (SSSR count). The van der Waals surface area contributed by atoms with E-state index >= 15 is 0 Å². The second-order valence-electron chi connectivity index (χ2n) is 5.18. The lowest BCUT2D eigenvalue weighted by Gasteiger charge is -2.33. The molecule has 0 saturated carbocycles. The second-order valence-corrected chi connectivity index (χ2v) is 5.39. The topological polar surface area (TPSA) is 49.4 Å². The fourth-order valence-corrected chi connectivity index (χ4v) is 2.15. The lowest BCUT2D eigenvalue weighted by molar-refractivity contribution is -0.139. The van der Waals surface area contributed by atoms with Crippen LogP contribution in [0.2, 0.25) is 0 Å². The van der Waals surface area contributed by atoms with Gasteiger partial charge in [0.15, 0.2) is 0 Å². The van der Waals surface area contributed by atoms with E-state index in [-0.39, 0.29) is 17.9 Å². The first-order chi connectivity index (χ1) is 8.34. The molecule has 18 heavy (non-hydrogen) atoms. The molecule has 0 aromatic rings. The van der Waals surface area contributed by atoms with Crippen LogP contribution in [-0.2, 0) is 9.59 Å². The van der Waals surface area contributed by atoms with E-state index in [1.165, 1.54) is 5.54 Å². The predicted octanol–water partition coefficient (Wildman–Crippen LogP) is 2.03. The highest BCUT2D eigenvalue weighted by atomic mass is 35.5. The molecule has 0 aromatic heterocycles. The summed E-state index contributed by atoms with van der Waals surface area (Å²) in [6.07, 6.45) is 0.904. The molecule has 0 aromatic carbocycles. The molecular weight excluding hydrogens is 252 g/mol. The highest BCUT2D eigenvalue weighted by Gasteiger charge is 2.41. The molecule has 1 aliphatic heterocycles. The average Bonchev–Trinajstić information content (AvgIpc) is 2.40. The highest BCUT2D eigenvalue weighted by molar-refractivity contribution is 6.25. The molecule has 2 atom stereocenters. The predicted molar refractivity (Wildman–Crippen MR) is 72.2 cm³/mol. The smallest absolute Gasteiger partial charge is 0.248 e. The Labute approximate surface area is 113 Å². The van der Waals surface area contributed by atoms with E-state index < -0.39 is 5.54 Å². The number of carbonyl (C=O) groups excluding carboxylic acids is 2. The Morgan fingerprint density at radius 2 is 2.22 bits per heavy atom. The van der Waals surface area contributed by atoms with E-state index in [2.05, 4.69) is 5.32 Å². The van der Waals surface area contributed by atoms with Gasteiger partial charge in [-0.3, -0.25) is 9.59 Å². The Balaban J connectivity index is 3.05. The molecule has 2 amide bonds. The number of hydrogen-bond donors (Lipinski definition) is 1. The fraction of sp³-hybridized carbons (Fsp3) is 0.692. The summed E-state index contributed by atoms with van der Waals surface area (Å²) in [5.74, 6) is -0.114. The minimum atomic E-state index is -0.811. The molecule has 0 radical (unpaired) electrons. The van der Waals surface area contributed by atoms with Crippen molar-refractivity contribution >= 4 is 23.4 Å². The third kappa shape index (κ3) is 3.05. The van der Waals surface area contributed by atoms with Gasteiger partial charge in [0.25, 0.3) is 0 Å². The van der Waals surface area contributed by atoms with E-state index in [0.717, 1.165) is 5.57 Å². The number of amides is 2. The maximum Gasteiger partial charge on any atom is 0.248 e. The first kappa shape index (κ1) is 15.0. The van der Waals surface area contributed by atoms with Gasteiger partial charge in [0.2, 0.25) is 11.8 Å². The van der Waals surface area contributed by atoms with Crippen LogP contribution in [0.4, 0.5) is 0 Å². The van der Waals surface area contributed by atoms with Crippen molar-refractivity contribution in [3.63, 3.8) is 0 Å². The SMILES string of the molecule is CCC1(C)NC(=O)CC(C)N(CC(C)=CCl)C1=O. The standard InChI is InChI=1S/C13H21ClN2O2/c1-5-13(4)12(18)16(8-9(2)7-14)10(3)6-11(17)15-13/h7,10H,5-6,8H2,1-4H3,(H,15,17). The summed E-state index contributed by atoms with van der Waals surface area (Å²) in [6.45, 7) is 7.90. The highest BCUT2D eigenvalue weighted by Crippen LogP contribution is 2.22. The minimum absolute atomic E-state index is 0.0405. The number of nitrogens with one attached hydrogen (secondary N) is 1. The quantitative estimate of drug-likeness (QED) is 0.855. The second kappa shape index (κ2) is 5.74. The Hall–Kier alpha value is -1.03. The molecule has 1 aliphatic rings. The lowest BCUT2D eigenvalue weighted by atomic mass is 9.97. The van der Waals surface area contributed by atoms with Crippen LogP contribution in [-0.4, -0.2) is 34.8 Å². The van der Waals surface area contributed by atoms with Gasteiger partial charge in [-0.15, -0.1) is 0 Å². The summed E-state index contributed by atoms with van der Waals surface area (Å²) in [5, 5.41) is 2.82. The fourth-order valence-electron chi connectivity index (χ4n) is 2.08. The van der Waals surface area contributed by atoms with Crippen LogP contribution in [0.5, 0.6) is 0 Å². The van der Waals surface area contributed by atoms with E-state index in [4.69, 9.17) is 11.6 Å². The first-order valence-electron chi connectivity index (χ1n) is 6.22.